The molecule has 0 N–H and O–H groups in total. The molecule has 4 aromatic rings. The minimum absolute atomic E-state index is 0.0544. The molecule has 0 unspecified atom stereocenters. The van der Waals surface area contributed by atoms with Crippen LogP contribution in [0.5, 0.6) is 0 Å². The molecule has 1 aliphatic heterocycles. The number of carbonyl (C=O) groups is 1. The molecule has 0 saturated carbocycles. The van der Waals surface area contributed by atoms with E-state index in [1.54, 1.807) is 44.6 Å². The van der Waals surface area contributed by atoms with E-state index in [-0.39, 0.29) is 35.4 Å². The summed E-state index contributed by atoms with van der Waals surface area (Å²) in [6, 6.07) is 6.52. The fourth-order valence-electron chi connectivity index (χ4n) is 5.36. The molecule has 2 atom stereocenters. The monoisotopic (exact) mass is 505 g/mol. The molecular weight excluding hydrogens is 473 g/mol. The summed E-state index contributed by atoms with van der Waals surface area (Å²) in [5, 5.41) is 0.501. The molecule has 37 heavy (non-hydrogen) atoms. The predicted molar refractivity (Wildman–Crippen MR) is 140 cm³/mol. The topological polar surface area (TPSA) is 81.7 Å². The highest BCUT2D eigenvalue weighted by Gasteiger charge is 2.37. The van der Waals surface area contributed by atoms with Crippen molar-refractivity contribution in [2.24, 2.45) is 0 Å². The number of hydrogen-bond acceptors (Lipinski definition) is 5. The lowest BCUT2D eigenvalue weighted by Gasteiger charge is -2.43. The van der Waals surface area contributed by atoms with Gasteiger partial charge >= 0.3 is 6.09 Å². The molecule has 5 heterocycles. The molecular formula is C28H32FN5O3. The fourth-order valence-corrected chi connectivity index (χ4v) is 5.36. The van der Waals surface area contributed by atoms with Crippen molar-refractivity contribution in [2.45, 2.75) is 78.1 Å². The van der Waals surface area contributed by atoms with Gasteiger partial charge in [0.05, 0.1) is 22.3 Å². The molecule has 0 radical (unpaired) electrons. The van der Waals surface area contributed by atoms with Gasteiger partial charge in [0.1, 0.15) is 5.60 Å². The molecule has 194 valence electrons. The number of hydrogen-bond donors (Lipinski definition) is 0. The van der Waals surface area contributed by atoms with Crippen LogP contribution in [0.25, 0.3) is 27.8 Å². The molecule has 1 saturated heterocycles. The Morgan fingerprint density at radius 3 is 2.46 bits per heavy atom. The van der Waals surface area contributed by atoms with Crippen LogP contribution in [-0.2, 0) is 4.74 Å². The van der Waals surface area contributed by atoms with E-state index in [4.69, 9.17) is 4.74 Å². The molecule has 0 spiro atoms. The molecule has 0 aliphatic carbocycles. The molecule has 5 rings (SSSR count). The van der Waals surface area contributed by atoms with Gasteiger partial charge in [-0.05, 0) is 78.6 Å². The van der Waals surface area contributed by atoms with E-state index in [2.05, 4.69) is 9.97 Å². The van der Waals surface area contributed by atoms with Crippen LogP contribution in [0, 0.1) is 12.7 Å². The van der Waals surface area contributed by atoms with Crippen LogP contribution in [0.15, 0.2) is 47.7 Å². The molecule has 1 fully saturated rings. The van der Waals surface area contributed by atoms with Crippen molar-refractivity contribution in [3.05, 3.63) is 64.7 Å². The zero-order chi connectivity index (χ0) is 26.6. The van der Waals surface area contributed by atoms with Gasteiger partial charge in [-0.25, -0.2) is 19.2 Å². The highest BCUT2D eigenvalue weighted by atomic mass is 19.1. The molecule has 0 bridgehead atoms. The van der Waals surface area contributed by atoms with Crippen LogP contribution in [0.3, 0.4) is 0 Å². The molecule has 1 aliphatic rings. The number of fused-ring (bicyclic) bond motifs is 2. The third kappa shape index (κ3) is 4.70. The number of ether oxygens (including phenoxy) is 1. The summed E-state index contributed by atoms with van der Waals surface area (Å²) in [5.41, 5.74) is 2.03. The summed E-state index contributed by atoms with van der Waals surface area (Å²) in [6.45, 7) is 11.4. The van der Waals surface area contributed by atoms with Crippen LogP contribution in [0.2, 0.25) is 0 Å². The maximum Gasteiger partial charge on any atom is 0.410 e. The van der Waals surface area contributed by atoms with Crippen LogP contribution in [0.4, 0.5) is 9.18 Å². The number of piperidine rings is 1. The largest absolute Gasteiger partial charge is 0.444 e. The van der Waals surface area contributed by atoms with E-state index in [9.17, 15) is 14.0 Å². The van der Waals surface area contributed by atoms with Gasteiger partial charge in [0.15, 0.2) is 11.5 Å². The number of rotatable bonds is 2. The average molecular weight is 506 g/mol. The SMILES string of the molecule is Cc1cn2cc(-c3ccc4c(=O)n(C5C[C@H](C)N(C(=O)OC(C)(C)C)[C@@H](C)C5)ccc4n3)cc(F)c2n1. The van der Waals surface area contributed by atoms with Crippen LogP contribution < -0.4 is 5.56 Å². The standard InChI is InChI=1S/C28H32FN5O3/c1-16-14-32-15-19(13-22(29)25(32)30-16)23-8-7-21-24(31-23)9-10-33(26(21)35)20-11-17(2)34(18(3)12-20)27(36)37-28(4,5)6/h7-10,13-15,17-18,20H,11-12H2,1-6H3/t17-,18-/m0/s1. The number of nitrogens with zero attached hydrogens (tertiary/aromatic N) is 5. The Hall–Kier alpha value is -3.75. The molecule has 1 amide bonds. The van der Waals surface area contributed by atoms with Crippen LogP contribution in [-0.4, -0.2) is 47.6 Å². The zero-order valence-electron chi connectivity index (χ0n) is 22.0. The first-order chi connectivity index (χ1) is 17.4. The summed E-state index contributed by atoms with van der Waals surface area (Å²) in [4.78, 5) is 36.9. The van der Waals surface area contributed by atoms with Crippen molar-refractivity contribution in [1.82, 2.24) is 23.8 Å². The second-order valence-electron chi connectivity index (χ2n) is 11.1. The summed E-state index contributed by atoms with van der Waals surface area (Å²) < 4.78 is 23.6. The number of imidazole rings is 1. The fraction of sp³-hybridized carbons (Fsp3) is 0.429. The Balaban J connectivity index is 1.43. The highest BCUT2D eigenvalue weighted by molar-refractivity contribution is 5.80. The number of carbonyl (C=O) groups excluding carboxylic acids is 1. The third-order valence-corrected chi connectivity index (χ3v) is 6.88. The summed E-state index contributed by atoms with van der Waals surface area (Å²) >= 11 is 0. The second-order valence-corrected chi connectivity index (χ2v) is 11.1. The van der Waals surface area contributed by atoms with Gasteiger partial charge in [0.25, 0.3) is 5.56 Å². The van der Waals surface area contributed by atoms with Crippen molar-refractivity contribution in [1.29, 1.82) is 0 Å². The van der Waals surface area contributed by atoms with Gasteiger partial charge in [-0.1, -0.05) is 0 Å². The Bertz CT molecular complexity index is 1560. The quantitative estimate of drug-likeness (QED) is 0.359. The normalized spacial score (nSPS) is 20.5. The Morgan fingerprint density at radius 1 is 1.08 bits per heavy atom. The van der Waals surface area contributed by atoms with Gasteiger partial charge in [-0.2, -0.15) is 0 Å². The smallest absolute Gasteiger partial charge is 0.410 e. The lowest BCUT2D eigenvalue weighted by atomic mass is 9.92. The van der Waals surface area contributed by atoms with Gasteiger partial charge in [-0.15, -0.1) is 0 Å². The Kier molecular flexibility index (Phi) is 6.04. The van der Waals surface area contributed by atoms with E-state index in [0.717, 1.165) is 5.69 Å². The van der Waals surface area contributed by atoms with E-state index in [1.165, 1.54) is 6.07 Å². The van der Waals surface area contributed by atoms with Crippen molar-refractivity contribution >= 4 is 22.6 Å². The van der Waals surface area contributed by atoms with Gasteiger partial charge in [0.2, 0.25) is 0 Å². The second kappa shape index (κ2) is 8.97. The first kappa shape index (κ1) is 24.9. The Labute approximate surface area is 214 Å². The number of aryl methyl sites for hydroxylation is 1. The van der Waals surface area contributed by atoms with Crippen molar-refractivity contribution < 1.29 is 13.9 Å². The summed E-state index contributed by atoms with van der Waals surface area (Å²) in [5.74, 6) is -0.427. The van der Waals surface area contributed by atoms with Gasteiger partial charge < -0.3 is 18.6 Å². The van der Waals surface area contributed by atoms with Gasteiger partial charge in [-0.3, -0.25) is 4.79 Å². The molecule has 8 nitrogen and oxygen atoms in total. The van der Waals surface area contributed by atoms with Crippen molar-refractivity contribution in [3.63, 3.8) is 0 Å². The minimum Gasteiger partial charge on any atom is -0.444 e. The number of halogens is 1. The maximum absolute atomic E-state index is 14.6. The molecule has 9 heteroatoms. The zero-order valence-corrected chi connectivity index (χ0v) is 22.0. The average Bonchev–Trinajstić information content (AvgIpc) is 3.18. The van der Waals surface area contributed by atoms with E-state index < -0.39 is 11.4 Å². The lowest BCUT2D eigenvalue weighted by Crippen LogP contribution is -2.52. The predicted octanol–water partition coefficient (Wildman–Crippen LogP) is 5.51. The summed E-state index contributed by atoms with van der Waals surface area (Å²) in [7, 11) is 0. The first-order valence-corrected chi connectivity index (χ1v) is 12.6. The minimum atomic E-state index is -0.566. The molecule has 0 aromatic carbocycles. The van der Waals surface area contributed by atoms with Crippen LogP contribution >= 0.6 is 0 Å². The van der Waals surface area contributed by atoms with Crippen LogP contribution in [0.1, 0.15) is 59.2 Å². The van der Waals surface area contributed by atoms with E-state index in [1.807, 2.05) is 47.6 Å². The number of amides is 1. The lowest BCUT2D eigenvalue weighted by molar-refractivity contribution is -0.00632. The molecule has 4 aromatic heterocycles. The number of aromatic nitrogens is 4. The third-order valence-electron chi connectivity index (χ3n) is 6.88. The van der Waals surface area contributed by atoms with Crippen molar-refractivity contribution in [2.75, 3.05) is 0 Å². The highest BCUT2D eigenvalue weighted by Crippen LogP contribution is 2.32. The number of pyridine rings is 3. The van der Waals surface area contributed by atoms with E-state index >= 15 is 0 Å². The summed E-state index contributed by atoms with van der Waals surface area (Å²) in [6.07, 6.45) is 6.28. The Morgan fingerprint density at radius 2 is 1.78 bits per heavy atom. The first-order valence-electron chi connectivity index (χ1n) is 12.6. The van der Waals surface area contributed by atoms with Crippen molar-refractivity contribution in [3.8, 4) is 11.3 Å². The van der Waals surface area contributed by atoms with Gasteiger partial charge in [0, 0.05) is 42.3 Å². The van der Waals surface area contributed by atoms with E-state index in [0.29, 0.717) is 35.0 Å². The number of likely N-dealkylation sites (tertiary alicyclic amines) is 1. The maximum atomic E-state index is 14.6.